The number of carbonyl (C=O) groups is 1. The van der Waals surface area contributed by atoms with Gasteiger partial charge in [0, 0.05) is 40.0 Å². The van der Waals surface area contributed by atoms with E-state index in [0.717, 1.165) is 17.8 Å². The van der Waals surface area contributed by atoms with Crippen LogP contribution in [0.1, 0.15) is 39.4 Å². The summed E-state index contributed by atoms with van der Waals surface area (Å²) < 4.78 is 27.9. The zero-order valence-electron chi connectivity index (χ0n) is 16.8. The Labute approximate surface area is 161 Å². The summed E-state index contributed by atoms with van der Waals surface area (Å²) in [5.74, 6) is 1.37. The standard InChI is InChI=1S/C19H30N4O3S/c1-6-23-17-8-7-15(27(25,26)22(4)5)13-16(17)21-18(23)9-10-19(24)20-12-11-14(2)3/h7-8,13-14H,6,9-12H2,1-5H3,(H,20,24). The third kappa shape index (κ3) is 5.07. The smallest absolute Gasteiger partial charge is 0.242 e. The molecule has 0 fully saturated rings. The molecule has 0 bridgehead atoms. The minimum atomic E-state index is -3.50. The molecule has 2 aromatic rings. The van der Waals surface area contributed by atoms with Crippen LogP contribution in [-0.4, -0.2) is 48.8 Å². The Balaban J connectivity index is 2.19. The number of aromatic nitrogens is 2. The molecule has 27 heavy (non-hydrogen) atoms. The zero-order chi connectivity index (χ0) is 20.2. The van der Waals surface area contributed by atoms with E-state index in [-0.39, 0.29) is 10.8 Å². The van der Waals surface area contributed by atoms with Crippen LogP contribution in [0.3, 0.4) is 0 Å². The van der Waals surface area contributed by atoms with Gasteiger partial charge in [-0.3, -0.25) is 4.79 Å². The summed E-state index contributed by atoms with van der Waals surface area (Å²) in [7, 11) is -0.487. The Hall–Kier alpha value is -1.93. The van der Waals surface area contributed by atoms with Gasteiger partial charge in [0.2, 0.25) is 15.9 Å². The number of amides is 1. The molecule has 0 aliphatic carbocycles. The third-order valence-electron chi connectivity index (χ3n) is 4.51. The molecule has 8 heteroatoms. The Morgan fingerprint density at radius 3 is 2.59 bits per heavy atom. The quantitative estimate of drug-likeness (QED) is 0.708. The molecular formula is C19H30N4O3S. The molecule has 0 aliphatic rings. The second kappa shape index (κ2) is 8.84. The zero-order valence-corrected chi connectivity index (χ0v) is 17.6. The van der Waals surface area contributed by atoms with Crippen LogP contribution >= 0.6 is 0 Å². The maximum absolute atomic E-state index is 12.3. The van der Waals surface area contributed by atoms with Gasteiger partial charge >= 0.3 is 0 Å². The van der Waals surface area contributed by atoms with Crippen molar-refractivity contribution in [2.75, 3.05) is 20.6 Å². The lowest BCUT2D eigenvalue weighted by Crippen LogP contribution is -2.25. The Kier molecular flexibility index (Phi) is 7.00. The molecule has 0 saturated heterocycles. The number of nitrogens with zero attached hydrogens (tertiary/aromatic N) is 3. The van der Waals surface area contributed by atoms with Crippen molar-refractivity contribution in [2.24, 2.45) is 5.92 Å². The minimum absolute atomic E-state index is 0.0150. The van der Waals surface area contributed by atoms with Gasteiger partial charge in [-0.2, -0.15) is 0 Å². The molecule has 7 nitrogen and oxygen atoms in total. The van der Waals surface area contributed by atoms with Gasteiger partial charge in [-0.05, 0) is 37.5 Å². The van der Waals surface area contributed by atoms with Crippen molar-refractivity contribution in [3.63, 3.8) is 0 Å². The normalized spacial score (nSPS) is 12.3. The van der Waals surface area contributed by atoms with Crippen molar-refractivity contribution in [3.05, 3.63) is 24.0 Å². The Morgan fingerprint density at radius 2 is 2.00 bits per heavy atom. The van der Waals surface area contributed by atoms with E-state index < -0.39 is 10.0 Å². The molecule has 2 rings (SSSR count). The van der Waals surface area contributed by atoms with E-state index in [1.54, 1.807) is 18.2 Å². The lowest BCUT2D eigenvalue weighted by Gasteiger charge is -2.11. The van der Waals surface area contributed by atoms with E-state index in [1.165, 1.54) is 18.4 Å². The fourth-order valence-electron chi connectivity index (χ4n) is 2.89. The lowest BCUT2D eigenvalue weighted by atomic mass is 10.1. The second-order valence-electron chi connectivity index (χ2n) is 7.24. The van der Waals surface area contributed by atoms with Crippen molar-refractivity contribution >= 4 is 27.0 Å². The largest absolute Gasteiger partial charge is 0.356 e. The summed E-state index contributed by atoms with van der Waals surface area (Å²) in [6.45, 7) is 7.66. The molecule has 1 amide bonds. The van der Waals surface area contributed by atoms with E-state index in [2.05, 4.69) is 24.1 Å². The number of hydrogen-bond donors (Lipinski definition) is 1. The SMILES string of the molecule is CCn1c(CCC(=O)NCCC(C)C)nc2cc(S(=O)(=O)N(C)C)ccc21. The maximum atomic E-state index is 12.3. The number of hydrogen-bond acceptors (Lipinski definition) is 4. The van der Waals surface area contributed by atoms with Gasteiger partial charge in [0.1, 0.15) is 5.82 Å². The second-order valence-corrected chi connectivity index (χ2v) is 9.39. The van der Waals surface area contributed by atoms with Crippen LogP contribution in [0.4, 0.5) is 0 Å². The average Bonchev–Trinajstić information content (AvgIpc) is 2.96. The van der Waals surface area contributed by atoms with Crippen molar-refractivity contribution < 1.29 is 13.2 Å². The number of carbonyl (C=O) groups excluding carboxylic acids is 1. The molecule has 1 aromatic carbocycles. The molecule has 0 radical (unpaired) electrons. The first-order valence-electron chi connectivity index (χ1n) is 9.35. The number of fused-ring (bicyclic) bond motifs is 1. The van der Waals surface area contributed by atoms with Gasteiger partial charge in [-0.25, -0.2) is 17.7 Å². The average molecular weight is 395 g/mol. The number of imidazole rings is 1. The lowest BCUT2D eigenvalue weighted by molar-refractivity contribution is -0.121. The van der Waals surface area contributed by atoms with Gasteiger partial charge in [-0.15, -0.1) is 0 Å². The Bertz CT molecular complexity index is 901. The molecule has 1 N–H and O–H groups in total. The summed E-state index contributed by atoms with van der Waals surface area (Å²) in [4.78, 5) is 16.9. The molecule has 1 aromatic heterocycles. The summed E-state index contributed by atoms with van der Waals surface area (Å²) >= 11 is 0. The minimum Gasteiger partial charge on any atom is -0.356 e. The highest BCUT2D eigenvalue weighted by Gasteiger charge is 2.19. The van der Waals surface area contributed by atoms with Crippen LogP contribution in [0, 0.1) is 5.92 Å². The van der Waals surface area contributed by atoms with E-state index in [9.17, 15) is 13.2 Å². The molecular weight excluding hydrogens is 364 g/mol. The van der Waals surface area contributed by atoms with Gasteiger partial charge in [-0.1, -0.05) is 13.8 Å². The summed E-state index contributed by atoms with van der Waals surface area (Å²) in [5, 5.41) is 2.94. The summed E-state index contributed by atoms with van der Waals surface area (Å²) in [6.07, 6.45) is 1.85. The Morgan fingerprint density at radius 1 is 1.30 bits per heavy atom. The van der Waals surface area contributed by atoms with E-state index >= 15 is 0 Å². The fraction of sp³-hybridized carbons (Fsp3) is 0.579. The van der Waals surface area contributed by atoms with Crippen molar-refractivity contribution in [1.29, 1.82) is 0 Å². The maximum Gasteiger partial charge on any atom is 0.242 e. The number of rotatable bonds is 9. The molecule has 0 spiro atoms. The topological polar surface area (TPSA) is 84.3 Å². The van der Waals surface area contributed by atoms with E-state index in [4.69, 9.17) is 0 Å². The number of nitrogens with one attached hydrogen (secondary N) is 1. The first-order valence-corrected chi connectivity index (χ1v) is 10.8. The molecule has 150 valence electrons. The molecule has 0 unspecified atom stereocenters. The molecule has 0 saturated carbocycles. The highest BCUT2D eigenvalue weighted by molar-refractivity contribution is 7.89. The molecule has 1 heterocycles. The van der Waals surface area contributed by atoms with Crippen LogP contribution in [0.25, 0.3) is 11.0 Å². The van der Waals surface area contributed by atoms with Crippen LogP contribution in [0.2, 0.25) is 0 Å². The highest BCUT2D eigenvalue weighted by atomic mass is 32.2. The summed E-state index contributed by atoms with van der Waals surface area (Å²) in [5.41, 5.74) is 1.51. The molecule has 0 atom stereocenters. The van der Waals surface area contributed by atoms with Gasteiger partial charge in [0.15, 0.2) is 0 Å². The van der Waals surface area contributed by atoms with Crippen LogP contribution in [0.15, 0.2) is 23.1 Å². The van der Waals surface area contributed by atoms with Gasteiger partial charge in [0.25, 0.3) is 0 Å². The van der Waals surface area contributed by atoms with Gasteiger partial charge < -0.3 is 9.88 Å². The summed E-state index contributed by atoms with van der Waals surface area (Å²) in [6, 6.07) is 4.99. The fourth-order valence-corrected chi connectivity index (χ4v) is 3.81. The van der Waals surface area contributed by atoms with Crippen LogP contribution < -0.4 is 5.32 Å². The van der Waals surface area contributed by atoms with Crippen LogP contribution in [-0.2, 0) is 27.8 Å². The van der Waals surface area contributed by atoms with Crippen LogP contribution in [0.5, 0.6) is 0 Å². The first-order chi connectivity index (χ1) is 12.7. The van der Waals surface area contributed by atoms with Crippen molar-refractivity contribution in [1.82, 2.24) is 19.2 Å². The predicted octanol–water partition coefficient (Wildman–Crippen LogP) is 2.40. The number of benzene rings is 1. The monoisotopic (exact) mass is 394 g/mol. The van der Waals surface area contributed by atoms with Crippen molar-refractivity contribution in [3.8, 4) is 0 Å². The van der Waals surface area contributed by atoms with Gasteiger partial charge in [0.05, 0.1) is 15.9 Å². The number of aryl methyl sites for hydroxylation is 2. The highest BCUT2D eigenvalue weighted by Crippen LogP contribution is 2.22. The number of sulfonamides is 1. The van der Waals surface area contributed by atoms with E-state index in [0.29, 0.717) is 37.4 Å². The predicted molar refractivity (Wildman–Crippen MR) is 107 cm³/mol. The first kappa shape index (κ1) is 21.4. The molecule has 0 aliphatic heterocycles. The van der Waals surface area contributed by atoms with E-state index in [1.807, 2.05) is 11.5 Å². The third-order valence-corrected chi connectivity index (χ3v) is 6.32. The van der Waals surface area contributed by atoms with Crippen molar-refractivity contribution in [2.45, 2.75) is 51.5 Å².